The van der Waals surface area contributed by atoms with Crippen LogP contribution in [-0.2, 0) is 0 Å². The largest absolute Gasteiger partial charge is 0.490 e. The number of hydrogen-bond donors (Lipinski definition) is 1. The highest BCUT2D eigenvalue weighted by molar-refractivity contribution is 5.39. The lowest BCUT2D eigenvalue weighted by atomic mass is 10.0. The van der Waals surface area contributed by atoms with Crippen molar-refractivity contribution in [1.82, 2.24) is 9.80 Å². The molecule has 1 aliphatic heterocycles. The SMILES string of the molecule is CCCN1CCC(N(C)CC(O)COc2c(C)cccc2C)CC1. The molecule has 0 spiro atoms. The predicted molar refractivity (Wildman–Crippen MR) is 99.8 cm³/mol. The van der Waals surface area contributed by atoms with Crippen molar-refractivity contribution in [2.24, 2.45) is 0 Å². The summed E-state index contributed by atoms with van der Waals surface area (Å²) >= 11 is 0. The Labute approximate surface area is 147 Å². The molecule has 1 fully saturated rings. The number of hydrogen-bond acceptors (Lipinski definition) is 4. The van der Waals surface area contributed by atoms with Crippen LogP contribution < -0.4 is 4.74 Å². The van der Waals surface area contributed by atoms with E-state index in [1.165, 1.54) is 38.9 Å². The van der Waals surface area contributed by atoms with Gasteiger partial charge in [0.2, 0.25) is 0 Å². The first-order valence-corrected chi connectivity index (χ1v) is 9.31. The molecule has 0 radical (unpaired) electrons. The molecule has 0 aromatic heterocycles. The summed E-state index contributed by atoms with van der Waals surface area (Å²) in [7, 11) is 2.13. The van der Waals surface area contributed by atoms with Crippen molar-refractivity contribution >= 4 is 0 Å². The van der Waals surface area contributed by atoms with Crippen LogP contribution in [0.15, 0.2) is 18.2 Å². The normalized spacial score (nSPS) is 18.1. The van der Waals surface area contributed by atoms with Crippen LogP contribution in [0.4, 0.5) is 0 Å². The highest BCUT2D eigenvalue weighted by atomic mass is 16.5. The molecule has 1 aliphatic rings. The van der Waals surface area contributed by atoms with Crippen LogP contribution in [0.1, 0.15) is 37.3 Å². The zero-order chi connectivity index (χ0) is 17.5. The summed E-state index contributed by atoms with van der Waals surface area (Å²) in [6.45, 7) is 10.9. The van der Waals surface area contributed by atoms with E-state index in [0.29, 0.717) is 19.2 Å². The summed E-state index contributed by atoms with van der Waals surface area (Å²) in [6, 6.07) is 6.70. The third kappa shape index (κ3) is 5.47. The Kier molecular flexibility index (Phi) is 7.53. The maximum Gasteiger partial charge on any atom is 0.125 e. The fourth-order valence-corrected chi connectivity index (χ4v) is 3.64. The van der Waals surface area contributed by atoms with Crippen molar-refractivity contribution < 1.29 is 9.84 Å². The summed E-state index contributed by atoms with van der Waals surface area (Å²) in [5.41, 5.74) is 2.25. The first-order chi connectivity index (χ1) is 11.5. The van der Waals surface area contributed by atoms with Gasteiger partial charge in [0.05, 0.1) is 0 Å². The van der Waals surface area contributed by atoms with Gasteiger partial charge < -0.3 is 19.6 Å². The van der Waals surface area contributed by atoms with Crippen LogP contribution in [-0.4, -0.2) is 66.9 Å². The van der Waals surface area contributed by atoms with Gasteiger partial charge in [0.25, 0.3) is 0 Å². The summed E-state index contributed by atoms with van der Waals surface area (Å²) < 4.78 is 5.88. The van der Waals surface area contributed by atoms with E-state index in [1.807, 2.05) is 32.0 Å². The number of benzene rings is 1. The Morgan fingerprint density at radius 1 is 1.25 bits per heavy atom. The molecule has 0 bridgehead atoms. The second-order valence-electron chi connectivity index (χ2n) is 7.20. The van der Waals surface area contributed by atoms with Gasteiger partial charge >= 0.3 is 0 Å². The molecule has 24 heavy (non-hydrogen) atoms. The zero-order valence-corrected chi connectivity index (χ0v) is 15.8. The van der Waals surface area contributed by atoms with E-state index in [4.69, 9.17) is 4.74 Å². The molecule has 1 unspecified atom stereocenters. The average Bonchev–Trinajstić information content (AvgIpc) is 2.55. The topological polar surface area (TPSA) is 35.9 Å². The molecule has 1 N–H and O–H groups in total. The van der Waals surface area contributed by atoms with E-state index in [-0.39, 0.29) is 0 Å². The van der Waals surface area contributed by atoms with Gasteiger partial charge in [-0.3, -0.25) is 0 Å². The number of nitrogens with zero attached hydrogens (tertiary/aromatic N) is 2. The minimum Gasteiger partial charge on any atom is -0.490 e. The van der Waals surface area contributed by atoms with E-state index in [1.54, 1.807) is 0 Å². The second-order valence-corrected chi connectivity index (χ2v) is 7.20. The van der Waals surface area contributed by atoms with Gasteiger partial charge in [0.1, 0.15) is 18.5 Å². The Bertz CT molecular complexity index is 478. The lowest BCUT2D eigenvalue weighted by Gasteiger charge is -2.37. The average molecular weight is 335 g/mol. The van der Waals surface area contributed by atoms with Crippen LogP contribution >= 0.6 is 0 Å². The van der Waals surface area contributed by atoms with E-state index >= 15 is 0 Å². The van der Waals surface area contributed by atoms with Crippen molar-refractivity contribution in [3.8, 4) is 5.75 Å². The molecule has 1 aromatic rings. The van der Waals surface area contributed by atoms with Gasteiger partial charge in [-0.2, -0.15) is 0 Å². The number of para-hydroxylation sites is 1. The number of piperidine rings is 1. The molecule has 1 saturated heterocycles. The number of rotatable bonds is 8. The van der Waals surface area contributed by atoms with E-state index in [0.717, 1.165) is 16.9 Å². The van der Waals surface area contributed by atoms with Gasteiger partial charge in [0.15, 0.2) is 0 Å². The van der Waals surface area contributed by atoms with Gasteiger partial charge in [-0.15, -0.1) is 0 Å². The van der Waals surface area contributed by atoms with E-state index < -0.39 is 6.10 Å². The van der Waals surface area contributed by atoms with Crippen LogP contribution in [0.2, 0.25) is 0 Å². The minimum absolute atomic E-state index is 0.352. The highest BCUT2D eigenvalue weighted by Crippen LogP contribution is 2.22. The fourth-order valence-electron chi connectivity index (χ4n) is 3.64. The first-order valence-electron chi connectivity index (χ1n) is 9.31. The smallest absolute Gasteiger partial charge is 0.125 e. The minimum atomic E-state index is -0.456. The van der Waals surface area contributed by atoms with Crippen LogP contribution in [0.5, 0.6) is 5.75 Å². The number of aliphatic hydroxyl groups excluding tert-OH is 1. The molecule has 1 heterocycles. The van der Waals surface area contributed by atoms with Gasteiger partial charge in [-0.05, 0) is 70.9 Å². The maximum absolute atomic E-state index is 10.4. The summed E-state index contributed by atoms with van der Waals surface area (Å²) in [6.07, 6.45) is 3.17. The van der Waals surface area contributed by atoms with Crippen LogP contribution in [0, 0.1) is 13.8 Å². The maximum atomic E-state index is 10.4. The molecule has 4 heteroatoms. The third-order valence-electron chi connectivity index (χ3n) is 5.05. The first kappa shape index (κ1) is 19.2. The standard InChI is InChI=1S/C20H34N2O2/c1-5-11-22-12-9-18(10-13-22)21(4)14-19(23)15-24-20-16(2)7-6-8-17(20)3/h6-8,18-19,23H,5,9-15H2,1-4H3. The van der Waals surface area contributed by atoms with Crippen molar-refractivity contribution in [1.29, 1.82) is 0 Å². The monoisotopic (exact) mass is 334 g/mol. The lowest BCUT2D eigenvalue weighted by Crippen LogP contribution is -2.46. The summed E-state index contributed by atoms with van der Waals surface area (Å²) in [4.78, 5) is 4.85. The molecule has 0 amide bonds. The fraction of sp³-hybridized carbons (Fsp3) is 0.700. The number of ether oxygens (including phenoxy) is 1. The number of likely N-dealkylation sites (N-methyl/N-ethyl adjacent to an activating group) is 1. The lowest BCUT2D eigenvalue weighted by molar-refractivity contribution is 0.0469. The van der Waals surface area contributed by atoms with Crippen LogP contribution in [0.3, 0.4) is 0 Å². The van der Waals surface area contributed by atoms with Crippen molar-refractivity contribution in [2.45, 2.75) is 52.2 Å². The van der Waals surface area contributed by atoms with Crippen molar-refractivity contribution in [2.75, 3.05) is 39.8 Å². The number of aryl methyl sites for hydroxylation is 2. The molecule has 4 nitrogen and oxygen atoms in total. The van der Waals surface area contributed by atoms with Crippen LogP contribution in [0.25, 0.3) is 0 Å². The Morgan fingerprint density at radius 2 is 1.88 bits per heavy atom. The van der Waals surface area contributed by atoms with Gasteiger partial charge in [-0.25, -0.2) is 0 Å². The number of likely N-dealkylation sites (tertiary alicyclic amines) is 1. The van der Waals surface area contributed by atoms with Crippen molar-refractivity contribution in [3.63, 3.8) is 0 Å². The quantitative estimate of drug-likeness (QED) is 0.793. The number of aliphatic hydroxyl groups is 1. The molecule has 2 rings (SSSR count). The Morgan fingerprint density at radius 3 is 2.46 bits per heavy atom. The molecule has 1 aromatic carbocycles. The third-order valence-corrected chi connectivity index (χ3v) is 5.05. The molecular formula is C20H34N2O2. The Balaban J connectivity index is 1.75. The second kappa shape index (κ2) is 9.40. The van der Waals surface area contributed by atoms with E-state index in [2.05, 4.69) is 23.8 Å². The zero-order valence-electron chi connectivity index (χ0n) is 15.8. The molecule has 0 aliphatic carbocycles. The molecular weight excluding hydrogens is 300 g/mol. The van der Waals surface area contributed by atoms with Gasteiger partial charge in [0, 0.05) is 12.6 Å². The van der Waals surface area contributed by atoms with Crippen molar-refractivity contribution in [3.05, 3.63) is 29.3 Å². The summed E-state index contributed by atoms with van der Waals surface area (Å²) in [5.74, 6) is 0.909. The van der Waals surface area contributed by atoms with Gasteiger partial charge in [-0.1, -0.05) is 25.1 Å². The molecule has 136 valence electrons. The molecule has 0 saturated carbocycles. The summed E-state index contributed by atoms with van der Waals surface area (Å²) in [5, 5.41) is 10.4. The predicted octanol–water partition coefficient (Wildman–Crippen LogP) is 2.85. The Hall–Kier alpha value is -1.10. The molecule has 1 atom stereocenters. The van der Waals surface area contributed by atoms with E-state index in [9.17, 15) is 5.11 Å². The highest BCUT2D eigenvalue weighted by Gasteiger charge is 2.23.